The minimum atomic E-state index is -0.940. The van der Waals surface area contributed by atoms with Crippen LogP contribution in [-0.2, 0) is 9.53 Å². The van der Waals surface area contributed by atoms with Gasteiger partial charge in [-0.3, -0.25) is 4.79 Å². The molecule has 0 aliphatic heterocycles. The van der Waals surface area contributed by atoms with Crippen LogP contribution >= 0.6 is 0 Å². The highest BCUT2D eigenvalue weighted by Gasteiger charge is 2.14. The molecule has 2 aromatic rings. The number of hydrogen-bond donors (Lipinski definition) is 2. The average Bonchev–Trinajstić information content (AvgIpc) is 2.67. The fraction of sp³-hybridized carbons (Fsp3) is 0.292. The Hall–Kier alpha value is -2.69. The first kappa shape index (κ1) is 21.6. The molecular formula is C24H28O4. The Labute approximate surface area is 166 Å². The lowest BCUT2D eigenvalue weighted by Gasteiger charge is -2.12. The molecule has 2 rings (SSSR count). The zero-order valence-electron chi connectivity index (χ0n) is 16.6. The summed E-state index contributed by atoms with van der Waals surface area (Å²) >= 11 is 0. The number of aliphatic hydroxyl groups excluding tert-OH is 2. The van der Waals surface area contributed by atoms with Crippen LogP contribution < -0.4 is 0 Å². The molecule has 1 unspecified atom stereocenters. The topological polar surface area (TPSA) is 66.8 Å². The minimum absolute atomic E-state index is 0.0733. The third-order valence-electron chi connectivity index (χ3n) is 4.46. The standard InChI is InChI=1S/C24H28O4/c1-17-7-11-19(12-8-17)23(20-13-9-18(2)10-14-20)6-4-5-21(25)15-22(26)16-24(27)28-3/h4-14,21-22,25-26H,15-16H2,1-3H3/t21?,22-/m1/s1. The molecule has 0 heterocycles. The average molecular weight is 380 g/mol. The zero-order chi connectivity index (χ0) is 20.5. The van der Waals surface area contributed by atoms with Gasteiger partial charge in [-0.2, -0.15) is 0 Å². The van der Waals surface area contributed by atoms with E-state index < -0.39 is 18.2 Å². The Morgan fingerprint density at radius 3 is 1.93 bits per heavy atom. The van der Waals surface area contributed by atoms with Gasteiger partial charge in [0.15, 0.2) is 0 Å². The fourth-order valence-electron chi connectivity index (χ4n) is 2.82. The maximum Gasteiger partial charge on any atom is 0.308 e. The van der Waals surface area contributed by atoms with Crippen LogP contribution in [0.3, 0.4) is 0 Å². The summed E-state index contributed by atoms with van der Waals surface area (Å²) in [6.07, 6.45) is 3.50. The van der Waals surface area contributed by atoms with Gasteiger partial charge < -0.3 is 14.9 Å². The lowest BCUT2D eigenvalue weighted by Crippen LogP contribution is -2.20. The highest BCUT2D eigenvalue weighted by molar-refractivity contribution is 5.81. The zero-order valence-corrected chi connectivity index (χ0v) is 16.6. The number of hydrogen-bond acceptors (Lipinski definition) is 4. The molecule has 0 amide bonds. The van der Waals surface area contributed by atoms with Crippen molar-refractivity contribution < 1.29 is 19.7 Å². The van der Waals surface area contributed by atoms with Gasteiger partial charge >= 0.3 is 5.97 Å². The molecule has 0 saturated carbocycles. The third kappa shape index (κ3) is 6.80. The number of allylic oxidation sites excluding steroid dienone is 2. The van der Waals surface area contributed by atoms with Gasteiger partial charge in [-0.25, -0.2) is 0 Å². The summed E-state index contributed by atoms with van der Waals surface area (Å²) in [6, 6.07) is 16.6. The second-order valence-electron chi connectivity index (χ2n) is 6.93. The summed E-state index contributed by atoms with van der Waals surface area (Å²) < 4.78 is 4.52. The SMILES string of the molecule is COC(=O)C[C@H](O)CC(O)C=CC=C(c1ccc(C)cc1)c1ccc(C)cc1. The lowest BCUT2D eigenvalue weighted by atomic mass is 9.96. The number of rotatable bonds is 8. The van der Waals surface area contributed by atoms with Gasteiger partial charge in [-0.05, 0) is 30.5 Å². The molecule has 28 heavy (non-hydrogen) atoms. The van der Waals surface area contributed by atoms with E-state index in [1.807, 2.05) is 6.08 Å². The van der Waals surface area contributed by atoms with Crippen LogP contribution in [0.5, 0.6) is 0 Å². The van der Waals surface area contributed by atoms with Gasteiger partial charge in [0, 0.05) is 6.42 Å². The molecule has 2 N–H and O–H groups in total. The van der Waals surface area contributed by atoms with Crippen molar-refractivity contribution in [1.29, 1.82) is 0 Å². The molecule has 0 saturated heterocycles. The molecule has 2 atom stereocenters. The predicted molar refractivity (Wildman–Crippen MR) is 112 cm³/mol. The largest absolute Gasteiger partial charge is 0.469 e. The van der Waals surface area contributed by atoms with E-state index in [1.165, 1.54) is 18.2 Å². The molecule has 0 radical (unpaired) electrons. The van der Waals surface area contributed by atoms with E-state index in [0.29, 0.717) is 0 Å². The van der Waals surface area contributed by atoms with Gasteiger partial charge in [0.1, 0.15) is 0 Å². The summed E-state index contributed by atoms with van der Waals surface area (Å²) in [5.41, 5.74) is 5.59. The first-order chi connectivity index (χ1) is 13.4. The van der Waals surface area contributed by atoms with Crippen molar-refractivity contribution in [2.45, 2.75) is 38.9 Å². The van der Waals surface area contributed by atoms with E-state index in [0.717, 1.165) is 16.7 Å². The van der Waals surface area contributed by atoms with Gasteiger partial charge in [0.05, 0.1) is 25.7 Å². The second-order valence-corrected chi connectivity index (χ2v) is 6.93. The quantitative estimate of drug-likeness (QED) is 0.537. The van der Waals surface area contributed by atoms with Crippen LogP contribution in [0.15, 0.2) is 66.8 Å². The van der Waals surface area contributed by atoms with Gasteiger partial charge in [-0.15, -0.1) is 0 Å². The van der Waals surface area contributed by atoms with Crippen LogP contribution in [0, 0.1) is 13.8 Å². The maximum absolute atomic E-state index is 11.2. The van der Waals surface area contributed by atoms with Crippen molar-refractivity contribution in [2.24, 2.45) is 0 Å². The number of carbonyl (C=O) groups excluding carboxylic acids is 1. The first-order valence-corrected chi connectivity index (χ1v) is 9.34. The third-order valence-corrected chi connectivity index (χ3v) is 4.46. The molecule has 2 aromatic carbocycles. The van der Waals surface area contributed by atoms with Crippen LogP contribution in [0.1, 0.15) is 35.1 Å². The number of benzene rings is 2. The number of ether oxygens (including phenoxy) is 1. The molecule has 0 bridgehead atoms. The Balaban J connectivity index is 2.17. The lowest BCUT2D eigenvalue weighted by molar-refractivity contribution is -0.143. The van der Waals surface area contributed by atoms with E-state index in [-0.39, 0.29) is 12.8 Å². The van der Waals surface area contributed by atoms with Gasteiger partial charge in [-0.1, -0.05) is 77.9 Å². The summed E-state index contributed by atoms with van der Waals surface area (Å²) in [7, 11) is 1.27. The highest BCUT2D eigenvalue weighted by Crippen LogP contribution is 2.24. The van der Waals surface area contributed by atoms with E-state index in [9.17, 15) is 15.0 Å². The van der Waals surface area contributed by atoms with Crippen molar-refractivity contribution in [3.63, 3.8) is 0 Å². The van der Waals surface area contributed by atoms with E-state index in [2.05, 4.69) is 67.1 Å². The number of carbonyl (C=O) groups is 1. The van der Waals surface area contributed by atoms with Crippen LogP contribution in [0.4, 0.5) is 0 Å². The van der Waals surface area contributed by atoms with Gasteiger partial charge in [0.25, 0.3) is 0 Å². The van der Waals surface area contributed by atoms with Crippen LogP contribution in [-0.4, -0.2) is 35.5 Å². The number of methoxy groups -OCH3 is 1. The van der Waals surface area contributed by atoms with Crippen LogP contribution in [0.25, 0.3) is 5.57 Å². The highest BCUT2D eigenvalue weighted by atomic mass is 16.5. The number of esters is 1. The fourth-order valence-corrected chi connectivity index (χ4v) is 2.82. The van der Waals surface area contributed by atoms with E-state index >= 15 is 0 Å². The van der Waals surface area contributed by atoms with E-state index in [4.69, 9.17) is 0 Å². The summed E-state index contributed by atoms with van der Waals surface area (Å²) in [6.45, 7) is 4.10. The van der Waals surface area contributed by atoms with E-state index in [1.54, 1.807) is 12.2 Å². The maximum atomic E-state index is 11.2. The number of aliphatic hydroxyl groups is 2. The monoisotopic (exact) mass is 380 g/mol. The molecule has 4 heteroatoms. The Kier molecular flexibility index (Phi) is 8.18. The molecule has 148 valence electrons. The predicted octanol–water partition coefficient (Wildman–Crippen LogP) is 3.97. The molecule has 0 spiro atoms. The molecule has 4 nitrogen and oxygen atoms in total. The summed E-state index contributed by atoms with van der Waals surface area (Å²) in [5, 5.41) is 19.9. The normalized spacial score (nSPS) is 13.2. The minimum Gasteiger partial charge on any atom is -0.469 e. The van der Waals surface area contributed by atoms with Gasteiger partial charge in [0.2, 0.25) is 0 Å². The molecule has 0 aliphatic rings. The Morgan fingerprint density at radius 1 is 0.964 bits per heavy atom. The second kappa shape index (κ2) is 10.6. The molecule has 0 fully saturated rings. The van der Waals surface area contributed by atoms with Crippen molar-refractivity contribution in [3.8, 4) is 0 Å². The number of aryl methyl sites for hydroxylation is 2. The first-order valence-electron chi connectivity index (χ1n) is 9.34. The Morgan fingerprint density at radius 2 is 1.46 bits per heavy atom. The van der Waals surface area contributed by atoms with Crippen LogP contribution in [0.2, 0.25) is 0 Å². The molecular weight excluding hydrogens is 352 g/mol. The molecule has 0 aromatic heterocycles. The van der Waals surface area contributed by atoms with Crippen molar-refractivity contribution in [2.75, 3.05) is 7.11 Å². The van der Waals surface area contributed by atoms with Crippen molar-refractivity contribution >= 4 is 11.5 Å². The van der Waals surface area contributed by atoms with Crippen molar-refractivity contribution in [1.82, 2.24) is 0 Å². The Bertz CT molecular complexity index is 769. The smallest absolute Gasteiger partial charge is 0.308 e. The summed E-state index contributed by atoms with van der Waals surface area (Å²) in [4.78, 5) is 11.2. The molecule has 0 aliphatic carbocycles. The van der Waals surface area contributed by atoms with Crippen molar-refractivity contribution in [3.05, 3.63) is 89.0 Å². The summed E-state index contributed by atoms with van der Waals surface area (Å²) in [5.74, 6) is -0.496.